The van der Waals surface area contributed by atoms with Crippen LogP contribution in [0.5, 0.6) is 5.75 Å². The molecule has 4 aromatic rings. The summed E-state index contributed by atoms with van der Waals surface area (Å²) in [5.74, 6) is 2.51. The van der Waals surface area contributed by atoms with Gasteiger partial charge in [-0.05, 0) is 61.9 Å². The van der Waals surface area contributed by atoms with Crippen molar-refractivity contribution in [3.8, 4) is 28.5 Å². The van der Waals surface area contributed by atoms with E-state index >= 15 is 0 Å². The van der Waals surface area contributed by atoms with Crippen molar-refractivity contribution in [2.24, 2.45) is 5.92 Å². The molecule has 218 valence electrons. The van der Waals surface area contributed by atoms with Crippen LogP contribution in [0.25, 0.3) is 22.8 Å². The van der Waals surface area contributed by atoms with Crippen molar-refractivity contribution in [1.29, 1.82) is 0 Å². The Balaban J connectivity index is 1.09. The maximum Gasteiger partial charge on any atom is 0.288 e. The normalized spacial score (nSPS) is 22.4. The molecule has 7 nitrogen and oxygen atoms in total. The van der Waals surface area contributed by atoms with Crippen molar-refractivity contribution in [3.05, 3.63) is 90.6 Å². The number of aliphatic hydroxyl groups excluding tert-OH is 1. The summed E-state index contributed by atoms with van der Waals surface area (Å²) in [7, 11) is 1.65. The number of nitrogens with zero attached hydrogens (tertiary/aromatic N) is 2. The van der Waals surface area contributed by atoms with Gasteiger partial charge in [0.15, 0.2) is 5.76 Å². The predicted molar refractivity (Wildman–Crippen MR) is 165 cm³/mol. The third-order valence-corrected chi connectivity index (χ3v) is 9.36. The van der Waals surface area contributed by atoms with E-state index in [4.69, 9.17) is 18.9 Å². The number of para-hydroxylation sites is 1. The van der Waals surface area contributed by atoms with Gasteiger partial charge >= 0.3 is 0 Å². The van der Waals surface area contributed by atoms with Gasteiger partial charge in [-0.1, -0.05) is 79.2 Å². The first-order chi connectivity index (χ1) is 20.6. The Morgan fingerprint density at radius 1 is 0.976 bits per heavy atom. The minimum absolute atomic E-state index is 0.0845. The molecule has 1 saturated carbocycles. The van der Waals surface area contributed by atoms with Crippen LogP contribution in [0.1, 0.15) is 44.2 Å². The number of carbonyl (C=O) groups excluding carboxylic acids is 1. The summed E-state index contributed by atoms with van der Waals surface area (Å²) < 4.78 is 18.2. The molecule has 3 aromatic carbocycles. The number of aromatic nitrogens is 1. The zero-order valence-electron chi connectivity index (χ0n) is 23.7. The molecule has 1 saturated heterocycles. The van der Waals surface area contributed by atoms with E-state index in [0.717, 1.165) is 72.5 Å². The van der Waals surface area contributed by atoms with E-state index in [-0.39, 0.29) is 16.6 Å². The van der Waals surface area contributed by atoms with Crippen molar-refractivity contribution in [2.75, 3.05) is 12.0 Å². The molecule has 1 N–H and O–H groups in total. The number of thioether (sulfide) groups is 1. The summed E-state index contributed by atoms with van der Waals surface area (Å²) in [5.41, 5.74) is 3.34. The summed E-state index contributed by atoms with van der Waals surface area (Å²) in [6.07, 6.45) is 5.31. The predicted octanol–water partition coefficient (Wildman–Crippen LogP) is 7.93. The highest BCUT2D eigenvalue weighted by molar-refractivity contribution is 8.14. The molecule has 1 aliphatic carbocycles. The van der Waals surface area contributed by atoms with Gasteiger partial charge in [0.2, 0.25) is 5.89 Å². The Morgan fingerprint density at radius 2 is 1.74 bits per heavy atom. The van der Waals surface area contributed by atoms with Gasteiger partial charge in [0, 0.05) is 16.8 Å². The number of ether oxygens (including phenoxy) is 2. The molecule has 2 heterocycles. The maximum absolute atomic E-state index is 12.7. The highest BCUT2D eigenvalue weighted by Crippen LogP contribution is 2.39. The molecule has 0 spiro atoms. The highest BCUT2D eigenvalue weighted by atomic mass is 32.2. The Labute approximate surface area is 250 Å². The van der Waals surface area contributed by atoms with Gasteiger partial charge in [0.25, 0.3) is 5.24 Å². The fourth-order valence-electron chi connectivity index (χ4n) is 5.97. The van der Waals surface area contributed by atoms with Crippen LogP contribution in [-0.2, 0) is 11.3 Å². The van der Waals surface area contributed by atoms with Crippen LogP contribution in [0.3, 0.4) is 0 Å². The average Bonchev–Trinajstić information content (AvgIpc) is 3.60. The lowest BCUT2D eigenvalue weighted by Crippen LogP contribution is -2.36. The second-order valence-corrected chi connectivity index (χ2v) is 12.2. The van der Waals surface area contributed by atoms with Gasteiger partial charge in [-0.15, -0.1) is 0 Å². The summed E-state index contributed by atoms with van der Waals surface area (Å²) in [6, 6.07) is 27.1. The van der Waals surface area contributed by atoms with E-state index in [1.54, 1.807) is 7.11 Å². The van der Waals surface area contributed by atoms with Crippen molar-refractivity contribution < 1.29 is 23.8 Å². The third-order valence-electron chi connectivity index (χ3n) is 8.18. The summed E-state index contributed by atoms with van der Waals surface area (Å²) in [5, 5.41) is 10.7. The number of anilines is 1. The van der Waals surface area contributed by atoms with Gasteiger partial charge in [-0.3, -0.25) is 9.69 Å². The van der Waals surface area contributed by atoms with Crippen LogP contribution in [0, 0.1) is 5.92 Å². The van der Waals surface area contributed by atoms with Crippen molar-refractivity contribution >= 4 is 22.7 Å². The zero-order valence-corrected chi connectivity index (χ0v) is 24.5. The number of carbonyl (C=O) groups is 1. The van der Waals surface area contributed by atoms with E-state index < -0.39 is 6.23 Å². The molecular formula is C34H36N2O5S. The number of benzene rings is 3. The van der Waals surface area contributed by atoms with Crippen LogP contribution in [-0.4, -0.2) is 40.0 Å². The number of hydrogen-bond donors (Lipinski definition) is 1. The first-order valence-electron chi connectivity index (χ1n) is 14.6. The lowest BCUT2D eigenvalue weighted by atomic mass is 9.84. The average molecular weight is 585 g/mol. The van der Waals surface area contributed by atoms with E-state index in [9.17, 15) is 9.90 Å². The maximum atomic E-state index is 12.7. The zero-order chi connectivity index (χ0) is 28.9. The number of oxazole rings is 1. The Hall–Kier alpha value is -3.59. The number of aliphatic hydroxyl groups is 1. The Bertz CT molecular complexity index is 1480. The third kappa shape index (κ3) is 6.41. The Morgan fingerprint density at radius 3 is 2.52 bits per heavy atom. The van der Waals surface area contributed by atoms with E-state index in [0.29, 0.717) is 18.4 Å². The second-order valence-electron chi connectivity index (χ2n) is 11.0. The van der Waals surface area contributed by atoms with Crippen LogP contribution >= 0.6 is 11.8 Å². The fraction of sp³-hybridized carbons (Fsp3) is 0.353. The van der Waals surface area contributed by atoms with Gasteiger partial charge in [-0.2, -0.15) is 0 Å². The van der Waals surface area contributed by atoms with E-state index in [1.807, 2.05) is 84.9 Å². The number of methoxy groups -OCH3 is 1. The first kappa shape index (κ1) is 28.5. The highest BCUT2D eigenvalue weighted by Gasteiger charge is 2.40. The summed E-state index contributed by atoms with van der Waals surface area (Å²) >= 11 is 1.25. The van der Waals surface area contributed by atoms with Gasteiger partial charge in [0.1, 0.15) is 17.7 Å². The Kier molecular flexibility index (Phi) is 8.93. The first-order valence-corrected chi connectivity index (χ1v) is 15.5. The molecule has 1 amide bonds. The molecule has 4 unspecified atom stereocenters. The molecule has 8 heteroatoms. The van der Waals surface area contributed by atoms with Gasteiger partial charge < -0.3 is 19.0 Å². The van der Waals surface area contributed by atoms with Crippen LogP contribution < -0.4 is 9.64 Å². The number of amides is 1. The van der Waals surface area contributed by atoms with Crippen molar-refractivity contribution in [2.45, 2.75) is 62.7 Å². The molecule has 6 rings (SSSR count). The molecule has 1 aromatic heterocycles. The monoisotopic (exact) mass is 584 g/mol. The summed E-state index contributed by atoms with van der Waals surface area (Å²) in [6.45, 7) is 0.368. The smallest absolute Gasteiger partial charge is 0.288 e. The molecule has 0 bridgehead atoms. The molecule has 1 aliphatic heterocycles. The van der Waals surface area contributed by atoms with E-state index in [2.05, 4.69) is 0 Å². The van der Waals surface area contributed by atoms with Crippen molar-refractivity contribution in [1.82, 2.24) is 4.98 Å². The molecular weight excluding hydrogens is 548 g/mol. The molecule has 42 heavy (non-hydrogen) atoms. The van der Waals surface area contributed by atoms with Crippen molar-refractivity contribution in [3.63, 3.8) is 0 Å². The van der Waals surface area contributed by atoms with Gasteiger partial charge in [-0.25, -0.2) is 4.98 Å². The second kappa shape index (κ2) is 13.2. The number of hydrogen-bond acceptors (Lipinski definition) is 7. The quantitative estimate of drug-likeness (QED) is 0.203. The fourth-order valence-corrected chi connectivity index (χ4v) is 7.06. The topological polar surface area (TPSA) is 85.0 Å². The largest absolute Gasteiger partial charge is 0.497 e. The number of rotatable bonds is 10. The molecule has 0 radical (unpaired) electrons. The molecule has 2 fully saturated rings. The van der Waals surface area contributed by atoms with Crippen LogP contribution in [0.15, 0.2) is 89.3 Å². The lowest BCUT2D eigenvalue weighted by molar-refractivity contribution is -0.000596. The minimum atomic E-state index is -0.803. The summed E-state index contributed by atoms with van der Waals surface area (Å²) in [4.78, 5) is 19.0. The minimum Gasteiger partial charge on any atom is -0.497 e. The molecule has 2 aliphatic rings. The van der Waals surface area contributed by atoms with Crippen LogP contribution in [0.2, 0.25) is 0 Å². The van der Waals surface area contributed by atoms with E-state index in [1.165, 1.54) is 16.7 Å². The SMILES string of the molecule is COc1cccc(-c2nc(COC3CCCC(CCC4SC(=O)N(c5ccccc5)C4O)C3)c(-c3ccccc3)o2)c1. The standard InChI is InChI=1S/C34H36N2O5S/c1-39-27-16-9-13-25(21-27)32-35-29(31(41-32)24-11-4-2-5-12-24)22-40-28-17-8-10-23(20-28)18-19-30-33(37)36(34(38)42-30)26-14-6-3-7-15-26/h2-7,9,11-16,21,23,28,30,33,37H,8,10,17-20,22H2,1H3. The molecule has 4 atom stereocenters. The lowest BCUT2D eigenvalue weighted by Gasteiger charge is -2.30. The van der Waals surface area contributed by atoms with Gasteiger partial charge in [0.05, 0.1) is 25.1 Å². The van der Waals surface area contributed by atoms with Crippen LogP contribution in [0.4, 0.5) is 10.5 Å².